The van der Waals surface area contributed by atoms with Crippen molar-refractivity contribution in [2.45, 2.75) is 13.8 Å². The van der Waals surface area contributed by atoms with Crippen LogP contribution in [0, 0.1) is 13.8 Å². The molecule has 5 aromatic carbocycles. The summed E-state index contributed by atoms with van der Waals surface area (Å²) in [6, 6.07) is 57.1. The molecular formula is C48H32N2S5. The van der Waals surface area contributed by atoms with Crippen LogP contribution < -0.4 is 0 Å². The SMILES string of the molecule is Cc1cc(-c2ccccc2)c(-c2cc(-c3ccccc3)c(-c3ccc(-c4sc(-c5sc(C)cc5-c5ccccc5)cc4-c4ccccc4)c4nsnc34)s2)s1. The number of hydrogen-bond donors (Lipinski definition) is 0. The van der Waals surface area contributed by atoms with Crippen LogP contribution in [0.4, 0.5) is 0 Å². The van der Waals surface area contributed by atoms with E-state index in [1.54, 1.807) is 0 Å². The molecule has 10 rings (SSSR count). The smallest absolute Gasteiger partial charge is 0.114 e. The molecule has 264 valence electrons. The highest BCUT2D eigenvalue weighted by atomic mass is 32.1. The van der Waals surface area contributed by atoms with Crippen molar-refractivity contribution in [2.75, 3.05) is 0 Å². The van der Waals surface area contributed by atoms with Crippen molar-refractivity contribution in [2.24, 2.45) is 0 Å². The molecule has 0 spiro atoms. The highest BCUT2D eigenvalue weighted by Crippen LogP contribution is 2.52. The average Bonchev–Trinajstić information content (AvgIpc) is 4.09. The minimum Gasteiger partial charge on any atom is -0.172 e. The minimum atomic E-state index is 0.949. The fraction of sp³-hybridized carbons (Fsp3) is 0.0417. The Bertz CT molecular complexity index is 2730. The molecule has 2 nitrogen and oxygen atoms in total. The number of aromatic nitrogens is 2. The van der Waals surface area contributed by atoms with Gasteiger partial charge in [0.15, 0.2) is 0 Å². The summed E-state index contributed by atoms with van der Waals surface area (Å²) in [6.07, 6.45) is 0. The zero-order chi connectivity index (χ0) is 36.9. The Kier molecular flexibility index (Phi) is 8.97. The molecule has 0 saturated heterocycles. The topological polar surface area (TPSA) is 25.8 Å². The lowest BCUT2D eigenvalue weighted by Crippen LogP contribution is -1.86. The van der Waals surface area contributed by atoms with Crippen LogP contribution in [0.2, 0.25) is 0 Å². The molecular weight excluding hydrogens is 765 g/mol. The summed E-state index contributed by atoms with van der Waals surface area (Å²) in [4.78, 5) is 10.2. The zero-order valence-electron chi connectivity index (χ0n) is 29.9. The Morgan fingerprint density at radius 3 is 1.00 bits per heavy atom. The maximum atomic E-state index is 5.04. The first kappa shape index (κ1) is 34.2. The van der Waals surface area contributed by atoms with E-state index in [-0.39, 0.29) is 0 Å². The molecule has 55 heavy (non-hydrogen) atoms. The monoisotopic (exact) mass is 796 g/mol. The summed E-state index contributed by atoms with van der Waals surface area (Å²) in [5.74, 6) is 0. The van der Waals surface area contributed by atoms with Gasteiger partial charge < -0.3 is 0 Å². The summed E-state index contributed by atoms with van der Waals surface area (Å²) >= 11 is 8.75. The first-order valence-electron chi connectivity index (χ1n) is 18.1. The molecule has 0 aliphatic heterocycles. The largest absolute Gasteiger partial charge is 0.172 e. The van der Waals surface area contributed by atoms with E-state index in [0.29, 0.717) is 0 Å². The third kappa shape index (κ3) is 6.32. The third-order valence-electron chi connectivity index (χ3n) is 9.87. The van der Waals surface area contributed by atoms with Crippen LogP contribution in [0.1, 0.15) is 9.75 Å². The Labute approximate surface area is 340 Å². The van der Waals surface area contributed by atoms with E-state index in [1.807, 2.05) is 45.3 Å². The van der Waals surface area contributed by atoms with Crippen LogP contribution in [0.5, 0.6) is 0 Å². The number of aryl methyl sites for hydroxylation is 2. The van der Waals surface area contributed by atoms with E-state index >= 15 is 0 Å². The first-order valence-corrected chi connectivity index (χ1v) is 22.1. The van der Waals surface area contributed by atoms with Gasteiger partial charge in [-0.1, -0.05) is 133 Å². The maximum Gasteiger partial charge on any atom is 0.114 e. The molecule has 5 heterocycles. The quantitative estimate of drug-likeness (QED) is 0.153. The molecule has 5 aromatic heterocycles. The van der Waals surface area contributed by atoms with Crippen molar-refractivity contribution in [3.8, 4) is 84.9 Å². The lowest BCUT2D eigenvalue weighted by atomic mass is 9.97. The predicted octanol–water partition coefficient (Wildman–Crippen LogP) is 15.9. The number of hydrogen-bond acceptors (Lipinski definition) is 7. The number of nitrogens with zero attached hydrogens (tertiary/aromatic N) is 2. The molecule has 0 amide bonds. The fourth-order valence-electron chi connectivity index (χ4n) is 7.36. The van der Waals surface area contributed by atoms with E-state index in [0.717, 1.165) is 22.2 Å². The number of thiophene rings is 4. The molecule has 10 aromatic rings. The number of rotatable bonds is 8. The molecule has 0 aliphatic carbocycles. The van der Waals surface area contributed by atoms with Crippen LogP contribution in [0.3, 0.4) is 0 Å². The Morgan fingerprint density at radius 1 is 0.327 bits per heavy atom. The van der Waals surface area contributed by atoms with Crippen molar-refractivity contribution in [1.82, 2.24) is 8.75 Å². The second-order valence-electron chi connectivity index (χ2n) is 13.5. The van der Waals surface area contributed by atoms with E-state index in [4.69, 9.17) is 8.75 Å². The predicted molar refractivity (Wildman–Crippen MR) is 242 cm³/mol. The Hall–Kier alpha value is -5.28. The van der Waals surface area contributed by atoms with Gasteiger partial charge in [0, 0.05) is 62.6 Å². The summed E-state index contributed by atoms with van der Waals surface area (Å²) in [7, 11) is 0. The van der Waals surface area contributed by atoms with Crippen molar-refractivity contribution >= 4 is 68.1 Å². The van der Waals surface area contributed by atoms with E-state index in [1.165, 1.54) is 95.3 Å². The van der Waals surface area contributed by atoms with Crippen molar-refractivity contribution < 1.29 is 0 Å². The van der Waals surface area contributed by atoms with Crippen LogP contribution in [0.15, 0.2) is 158 Å². The van der Waals surface area contributed by atoms with Gasteiger partial charge in [-0.15, -0.1) is 45.3 Å². The van der Waals surface area contributed by atoms with E-state index < -0.39 is 0 Å². The second kappa shape index (κ2) is 14.4. The molecule has 0 atom stereocenters. The molecule has 0 bridgehead atoms. The average molecular weight is 797 g/mol. The van der Waals surface area contributed by atoms with Gasteiger partial charge in [-0.25, -0.2) is 0 Å². The highest BCUT2D eigenvalue weighted by Gasteiger charge is 2.25. The number of fused-ring (bicyclic) bond motifs is 1. The summed E-state index contributed by atoms with van der Waals surface area (Å²) in [6.45, 7) is 4.41. The van der Waals surface area contributed by atoms with Gasteiger partial charge in [-0.2, -0.15) is 8.75 Å². The molecule has 7 heteroatoms. The van der Waals surface area contributed by atoms with E-state index in [9.17, 15) is 0 Å². The van der Waals surface area contributed by atoms with Crippen molar-refractivity contribution in [3.05, 3.63) is 167 Å². The third-order valence-corrected chi connectivity index (χ3v) is 15.2. The summed E-state index contributed by atoms with van der Waals surface area (Å²) in [5.41, 5.74) is 14.0. The van der Waals surface area contributed by atoms with Gasteiger partial charge in [0.1, 0.15) is 11.0 Å². The standard InChI is InChI=1S/C48H32N2S5/c1-29-25-37(31-15-7-3-8-16-31)47(51-29)41-27-39(33-19-11-5-12-20-33)45(53-41)35-23-24-36(44-43(35)49-55-50-44)46-40(34-21-13-6-14-22-34)28-42(54-46)48-38(26-30(2)52-48)32-17-9-4-10-18-32/h3-28H,1-2H3. The highest BCUT2D eigenvalue weighted by molar-refractivity contribution is 7.25. The van der Waals surface area contributed by atoms with Crippen molar-refractivity contribution in [3.63, 3.8) is 0 Å². The molecule has 0 aliphatic rings. The molecule has 0 saturated carbocycles. The van der Waals surface area contributed by atoms with Crippen molar-refractivity contribution in [1.29, 1.82) is 0 Å². The van der Waals surface area contributed by atoms with E-state index in [2.05, 4.69) is 172 Å². The first-order chi connectivity index (χ1) is 27.1. The second-order valence-corrected chi connectivity index (χ2v) is 18.6. The number of benzene rings is 5. The van der Waals surface area contributed by atoms with Gasteiger partial charge in [-0.05, 0) is 60.4 Å². The fourth-order valence-corrected chi connectivity index (χ4v) is 12.6. The summed E-state index contributed by atoms with van der Waals surface area (Å²) < 4.78 is 10.1. The summed E-state index contributed by atoms with van der Waals surface area (Å²) in [5, 5.41) is 0. The molecule has 0 N–H and O–H groups in total. The van der Waals surface area contributed by atoms with Gasteiger partial charge >= 0.3 is 0 Å². The Morgan fingerprint density at radius 2 is 0.655 bits per heavy atom. The zero-order valence-corrected chi connectivity index (χ0v) is 34.0. The van der Waals surface area contributed by atoms with Gasteiger partial charge in [0.25, 0.3) is 0 Å². The lowest BCUT2D eigenvalue weighted by molar-refractivity contribution is 1.61. The van der Waals surface area contributed by atoms with Crippen LogP contribution in [-0.2, 0) is 0 Å². The molecule has 0 fully saturated rings. The molecule has 0 unspecified atom stereocenters. The maximum absolute atomic E-state index is 5.04. The normalized spacial score (nSPS) is 11.5. The van der Waals surface area contributed by atoms with Gasteiger partial charge in [-0.3, -0.25) is 0 Å². The van der Waals surface area contributed by atoms with Crippen LogP contribution >= 0.6 is 57.1 Å². The Balaban J connectivity index is 1.15. The van der Waals surface area contributed by atoms with Gasteiger partial charge in [0.05, 0.1) is 21.5 Å². The van der Waals surface area contributed by atoms with Gasteiger partial charge in [0.2, 0.25) is 0 Å². The van der Waals surface area contributed by atoms with Crippen LogP contribution in [-0.4, -0.2) is 8.75 Å². The van der Waals surface area contributed by atoms with Crippen LogP contribution in [0.25, 0.3) is 95.9 Å². The lowest BCUT2D eigenvalue weighted by Gasteiger charge is -2.09. The minimum absolute atomic E-state index is 0.949. The molecule has 0 radical (unpaired) electrons.